The molecular formula is C15H17BrClNOS. The van der Waals surface area contributed by atoms with Crippen LogP contribution >= 0.6 is 38.9 Å². The molecule has 2 unspecified atom stereocenters. The molecule has 1 heterocycles. The van der Waals surface area contributed by atoms with Crippen LogP contribution in [0, 0.1) is 0 Å². The Morgan fingerprint density at radius 3 is 2.70 bits per heavy atom. The first kappa shape index (κ1) is 15.8. The second-order valence-electron chi connectivity index (χ2n) is 4.67. The van der Waals surface area contributed by atoms with Crippen molar-refractivity contribution in [1.82, 2.24) is 0 Å². The van der Waals surface area contributed by atoms with Crippen molar-refractivity contribution < 1.29 is 4.74 Å². The highest BCUT2D eigenvalue weighted by molar-refractivity contribution is 9.10. The van der Waals surface area contributed by atoms with Crippen molar-refractivity contribution in [2.45, 2.75) is 32.4 Å². The molecule has 1 aromatic carbocycles. The van der Waals surface area contributed by atoms with E-state index in [9.17, 15) is 0 Å². The Labute approximate surface area is 137 Å². The Hall–Kier alpha value is -0.550. The van der Waals surface area contributed by atoms with Crippen LogP contribution in [-0.4, -0.2) is 6.04 Å². The van der Waals surface area contributed by atoms with Crippen molar-refractivity contribution in [2.24, 2.45) is 5.73 Å². The molecule has 1 aromatic heterocycles. The number of ether oxygens (including phenoxy) is 1. The Bertz CT molecular complexity index is 585. The van der Waals surface area contributed by atoms with E-state index in [1.165, 1.54) is 0 Å². The maximum atomic E-state index is 6.13. The van der Waals surface area contributed by atoms with E-state index in [0.717, 1.165) is 32.1 Å². The van der Waals surface area contributed by atoms with E-state index >= 15 is 0 Å². The van der Waals surface area contributed by atoms with Crippen LogP contribution in [0.4, 0.5) is 0 Å². The van der Waals surface area contributed by atoms with Crippen LogP contribution in [0.5, 0.6) is 5.75 Å². The summed E-state index contributed by atoms with van der Waals surface area (Å²) in [6, 6.07) is 7.70. The third-order valence-electron chi connectivity index (χ3n) is 3.01. The maximum Gasteiger partial charge on any atom is 0.148 e. The normalized spacial score (nSPS) is 14.1. The van der Waals surface area contributed by atoms with Gasteiger partial charge >= 0.3 is 0 Å². The number of thiophene rings is 1. The molecule has 0 spiro atoms. The van der Waals surface area contributed by atoms with Crippen LogP contribution in [0.2, 0.25) is 5.02 Å². The van der Waals surface area contributed by atoms with Crippen LogP contribution in [0.1, 0.15) is 30.4 Å². The van der Waals surface area contributed by atoms with Gasteiger partial charge in [-0.1, -0.05) is 18.5 Å². The molecule has 0 bridgehead atoms. The summed E-state index contributed by atoms with van der Waals surface area (Å²) in [5.74, 6) is 0.804. The lowest BCUT2D eigenvalue weighted by Crippen LogP contribution is -2.28. The molecule has 0 amide bonds. The summed E-state index contributed by atoms with van der Waals surface area (Å²) in [7, 11) is 0. The zero-order chi connectivity index (χ0) is 14.7. The number of hydrogen-bond donors (Lipinski definition) is 1. The van der Waals surface area contributed by atoms with E-state index in [0.29, 0.717) is 0 Å². The second-order valence-corrected chi connectivity index (χ2v) is 6.94. The van der Waals surface area contributed by atoms with Crippen LogP contribution < -0.4 is 10.5 Å². The minimum absolute atomic E-state index is 0.0960. The highest BCUT2D eigenvalue weighted by Gasteiger charge is 2.20. The van der Waals surface area contributed by atoms with Crippen molar-refractivity contribution in [1.29, 1.82) is 0 Å². The summed E-state index contributed by atoms with van der Waals surface area (Å²) in [6.07, 6.45) is 0.723. The van der Waals surface area contributed by atoms with E-state index in [2.05, 4.69) is 28.9 Å². The largest absolute Gasteiger partial charge is 0.483 e. The molecule has 2 aromatic rings. The van der Waals surface area contributed by atoms with E-state index in [1.807, 2.05) is 30.5 Å². The van der Waals surface area contributed by atoms with E-state index < -0.39 is 0 Å². The van der Waals surface area contributed by atoms with Crippen molar-refractivity contribution in [3.8, 4) is 5.75 Å². The average molecular weight is 375 g/mol. The Kier molecular flexibility index (Phi) is 5.49. The van der Waals surface area contributed by atoms with Gasteiger partial charge in [0.1, 0.15) is 11.9 Å². The molecule has 0 aliphatic heterocycles. The van der Waals surface area contributed by atoms with Gasteiger partial charge in [0.25, 0.3) is 0 Å². The van der Waals surface area contributed by atoms with E-state index in [4.69, 9.17) is 22.1 Å². The van der Waals surface area contributed by atoms with Gasteiger partial charge < -0.3 is 10.5 Å². The molecule has 0 fully saturated rings. The first-order valence-electron chi connectivity index (χ1n) is 6.46. The van der Waals surface area contributed by atoms with Crippen LogP contribution in [-0.2, 0) is 6.42 Å². The van der Waals surface area contributed by atoms with Crippen LogP contribution in [0.3, 0.4) is 0 Å². The molecule has 2 rings (SSSR count). The zero-order valence-corrected chi connectivity index (χ0v) is 14.6. The molecule has 20 heavy (non-hydrogen) atoms. The summed E-state index contributed by atoms with van der Waals surface area (Å²) in [6.45, 7) is 4.03. The van der Waals surface area contributed by atoms with Crippen molar-refractivity contribution >= 4 is 38.9 Å². The van der Waals surface area contributed by atoms with Crippen LogP contribution in [0.15, 0.2) is 34.1 Å². The van der Waals surface area contributed by atoms with Gasteiger partial charge in [0, 0.05) is 25.8 Å². The number of nitrogens with two attached hydrogens (primary N) is 1. The summed E-state index contributed by atoms with van der Waals surface area (Å²) in [4.78, 5) is 1.11. The number of halogens is 2. The predicted octanol–water partition coefficient (Wildman–Crippen LogP) is 5.19. The molecular weight excluding hydrogens is 358 g/mol. The topological polar surface area (TPSA) is 35.2 Å². The maximum absolute atomic E-state index is 6.13. The minimum Gasteiger partial charge on any atom is -0.483 e. The molecule has 2 N–H and O–H groups in total. The number of rotatable bonds is 5. The lowest BCUT2D eigenvalue weighted by atomic mass is 10.1. The summed E-state index contributed by atoms with van der Waals surface area (Å²) in [5, 5.41) is 2.81. The van der Waals surface area contributed by atoms with Gasteiger partial charge in [0.05, 0.1) is 0 Å². The molecule has 108 valence electrons. The summed E-state index contributed by atoms with van der Waals surface area (Å²) in [5.41, 5.74) is 7.15. The fraction of sp³-hybridized carbons (Fsp3) is 0.333. The fourth-order valence-electron chi connectivity index (χ4n) is 1.94. The molecule has 5 heteroatoms. The SMILES string of the molecule is CCc1cc(OC(c2cc(Br)cs2)C(C)N)ccc1Cl. The number of hydrogen-bond acceptors (Lipinski definition) is 3. The molecule has 0 aliphatic rings. The van der Waals surface area contributed by atoms with Crippen molar-refractivity contribution in [2.75, 3.05) is 0 Å². The average Bonchev–Trinajstić information content (AvgIpc) is 2.83. The monoisotopic (exact) mass is 373 g/mol. The Balaban J connectivity index is 2.24. The highest BCUT2D eigenvalue weighted by atomic mass is 79.9. The van der Waals surface area contributed by atoms with E-state index in [1.54, 1.807) is 11.3 Å². The highest BCUT2D eigenvalue weighted by Crippen LogP contribution is 2.32. The molecule has 0 saturated carbocycles. The third-order valence-corrected chi connectivity index (χ3v) is 5.13. The second kappa shape index (κ2) is 6.94. The fourth-order valence-corrected chi connectivity index (χ4v) is 3.78. The van der Waals surface area contributed by atoms with Gasteiger partial charge in [0.15, 0.2) is 0 Å². The number of aryl methyl sites for hydroxylation is 1. The van der Waals surface area contributed by atoms with Gasteiger partial charge in [-0.15, -0.1) is 11.3 Å². The zero-order valence-electron chi connectivity index (χ0n) is 11.4. The van der Waals surface area contributed by atoms with Gasteiger partial charge in [-0.05, 0) is 59.1 Å². The lowest BCUT2D eigenvalue weighted by Gasteiger charge is -2.22. The molecule has 0 saturated heterocycles. The van der Waals surface area contributed by atoms with Gasteiger partial charge in [0.2, 0.25) is 0 Å². The third kappa shape index (κ3) is 3.76. The Morgan fingerprint density at radius 1 is 1.40 bits per heavy atom. The standard InChI is InChI=1S/C15H17BrClNOS/c1-3-10-6-12(4-5-13(10)17)19-15(9(2)18)14-7-11(16)8-20-14/h4-9,15H,3,18H2,1-2H3. The first-order valence-corrected chi connectivity index (χ1v) is 8.51. The predicted molar refractivity (Wildman–Crippen MR) is 89.9 cm³/mol. The van der Waals surface area contributed by atoms with Gasteiger partial charge in [-0.25, -0.2) is 0 Å². The molecule has 2 atom stereocenters. The smallest absolute Gasteiger partial charge is 0.148 e. The first-order chi connectivity index (χ1) is 9.51. The molecule has 0 aliphatic carbocycles. The molecule has 2 nitrogen and oxygen atoms in total. The Morgan fingerprint density at radius 2 is 2.15 bits per heavy atom. The van der Waals surface area contributed by atoms with Gasteiger partial charge in [-0.3, -0.25) is 0 Å². The number of benzene rings is 1. The van der Waals surface area contributed by atoms with Gasteiger partial charge in [-0.2, -0.15) is 0 Å². The quantitative estimate of drug-likeness (QED) is 0.781. The van der Waals surface area contributed by atoms with Crippen molar-refractivity contribution in [3.05, 3.63) is 49.6 Å². The lowest BCUT2D eigenvalue weighted by molar-refractivity contribution is 0.184. The van der Waals surface area contributed by atoms with Crippen molar-refractivity contribution in [3.63, 3.8) is 0 Å². The summed E-state index contributed by atoms with van der Waals surface area (Å²) >= 11 is 11.2. The minimum atomic E-state index is -0.155. The van der Waals surface area contributed by atoms with E-state index in [-0.39, 0.29) is 12.1 Å². The molecule has 0 radical (unpaired) electrons. The summed E-state index contributed by atoms with van der Waals surface area (Å²) < 4.78 is 7.13. The van der Waals surface area contributed by atoms with Crippen LogP contribution in [0.25, 0.3) is 0 Å².